The van der Waals surface area contributed by atoms with E-state index in [9.17, 15) is 8.42 Å². The van der Waals surface area contributed by atoms with Gasteiger partial charge in [-0.25, -0.2) is 13.1 Å². The molecule has 4 aromatic rings. The van der Waals surface area contributed by atoms with E-state index in [-0.39, 0.29) is 4.90 Å². The lowest BCUT2D eigenvalue weighted by molar-refractivity contribution is 0.600. The number of rotatable bonds is 5. The standard InChI is InChI=1S/C18H15N5O2S2/c1-13-11-18(23(20-13)15-5-3-2-4-6-15)21-27(24,25)16-9-7-14(8-10-16)17-12-26-22-19-17/h2-12,21H,1H3. The molecule has 0 aliphatic carbocycles. The molecule has 9 heteroatoms. The number of sulfonamides is 1. The number of aryl methyl sites for hydroxylation is 1. The number of anilines is 1. The zero-order chi connectivity index (χ0) is 18.9. The van der Waals surface area contributed by atoms with Crippen LogP contribution in [0.4, 0.5) is 5.82 Å². The molecule has 4 rings (SSSR count). The summed E-state index contributed by atoms with van der Waals surface area (Å²) >= 11 is 1.25. The first-order chi connectivity index (χ1) is 13.0. The second-order valence-electron chi connectivity index (χ2n) is 5.84. The summed E-state index contributed by atoms with van der Waals surface area (Å²) < 4.78 is 33.6. The van der Waals surface area contributed by atoms with Crippen molar-refractivity contribution in [2.24, 2.45) is 0 Å². The maximum atomic E-state index is 12.8. The molecule has 0 bridgehead atoms. The monoisotopic (exact) mass is 397 g/mol. The Labute approximate surface area is 160 Å². The molecule has 0 aliphatic rings. The molecule has 0 amide bonds. The van der Waals surface area contributed by atoms with E-state index in [2.05, 4.69) is 19.4 Å². The van der Waals surface area contributed by atoms with E-state index >= 15 is 0 Å². The highest BCUT2D eigenvalue weighted by atomic mass is 32.2. The van der Waals surface area contributed by atoms with Crippen molar-refractivity contribution in [1.29, 1.82) is 0 Å². The van der Waals surface area contributed by atoms with Crippen LogP contribution >= 0.6 is 11.5 Å². The first kappa shape index (κ1) is 17.4. The van der Waals surface area contributed by atoms with Crippen LogP contribution in [0.2, 0.25) is 0 Å². The van der Waals surface area contributed by atoms with E-state index in [4.69, 9.17) is 0 Å². The fraction of sp³-hybridized carbons (Fsp3) is 0.0556. The minimum absolute atomic E-state index is 0.160. The van der Waals surface area contributed by atoms with E-state index in [0.29, 0.717) is 11.5 Å². The SMILES string of the molecule is Cc1cc(NS(=O)(=O)c2ccc(-c3csnn3)cc2)n(-c2ccccc2)n1. The number of benzene rings is 2. The molecule has 7 nitrogen and oxygen atoms in total. The molecular formula is C18H15N5O2S2. The molecular weight excluding hydrogens is 382 g/mol. The Morgan fingerprint density at radius 2 is 1.78 bits per heavy atom. The topological polar surface area (TPSA) is 89.8 Å². The number of nitrogens with one attached hydrogen (secondary N) is 1. The molecule has 0 saturated heterocycles. The summed E-state index contributed by atoms with van der Waals surface area (Å²) in [7, 11) is -3.76. The van der Waals surface area contributed by atoms with Crippen molar-refractivity contribution < 1.29 is 8.42 Å². The van der Waals surface area contributed by atoms with Gasteiger partial charge in [-0.1, -0.05) is 34.8 Å². The van der Waals surface area contributed by atoms with Crippen LogP contribution in [-0.2, 0) is 10.0 Å². The molecule has 136 valence electrons. The quantitative estimate of drug-likeness (QED) is 0.557. The van der Waals surface area contributed by atoms with Gasteiger partial charge in [-0.3, -0.25) is 4.72 Å². The van der Waals surface area contributed by atoms with Crippen molar-refractivity contribution in [2.75, 3.05) is 4.72 Å². The normalized spacial score (nSPS) is 11.4. The molecule has 0 radical (unpaired) electrons. The van der Waals surface area contributed by atoms with Gasteiger partial charge in [-0.05, 0) is 42.7 Å². The van der Waals surface area contributed by atoms with Crippen molar-refractivity contribution in [1.82, 2.24) is 19.4 Å². The van der Waals surface area contributed by atoms with Gasteiger partial charge < -0.3 is 0 Å². The predicted octanol–water partition coefficient (Wildman–Crippen LogP) is 3.50. The summed E-state index contributed by atoms with van der Waals surface area (Å²) in [5.74, 6) is 0.381. The van der Waals surface area contributed by atoms with Crippen LogP contribution in [0.5, 0.6) is 0 Å². The number of para-hydroxylation sites is 1. The van der Waals surface area contributed by atoms with Crippen LogP contribution < -0.4 is 4.72 Å². The van der Waals surface area contributed by atoms with Crippen molar-refractivity contribution in [3.63, 3.8) is 0 Å². The van der Waals surface area contributed by atoms with Gasteiger partial charge in [0.1, 0.15) is 11.5 Å². The van der Waals surface area contributed by atoms with Gasteiger partial charge in [0.25, 0.3) is 10.0 Å². The molecule has 2 aromatic heterocycles. The third-order valence-electron chi connectivity index (χ3n) is 3.89. The van der Waals surface area contributed by atoms with Gasteiger partial charge in [-0.2, -0.15) is 5.10 Å². The lowest BCUT2D eigenvalue weighted by atomic mass is 10.2. The predicted molar refractivity (Wildman–Crippen MR) is 104 cm³/mol. The molecule has 0 aliphatic heterocycles. The minimum atomic E-state index is -3.76. The third kappa shape index (κ3) is 3.60. The summed E-state index contributed by atoms with van der Waals surface area (Å²) in [6.07, 6.45) is 0. The molecule has 0 saturated carbocycles. The lowest BCUT2D eigenvalue weighted by Crippen LogP contribution is -2.15. The second-order valence-corrected chi connectivity index (χ2v) is 8.13. The van der Waals surface area contributed by atoms with Crippen LogP contribution in [0.15, 0.2) is 70.9 Å². The first-order valence-corrected chi connectivity index (χ1v) is 10.4. The van der Waals surface area contributed by atoms with Crippen LogP contribution in [0.25, 0.3) is 16.9 Å². The summed E-state index contributed by atoms with van der Waals surface area (Å²) in [6, 6.07) is 17.6. The average Bonchev–Trinajstić information content (AvgIpc) is 3.32. The van der Waals surface area contributed by atoms with Crippen LogP contribution in [-0.4, -0.2) is 27.8 Å². The van der Waals surface area contributed by atoms with E-state index in [1.165, 1.54) is 11.5 Å². The molecule has 0 atom stereocenters. The maximum Gasteiger partial charge on any atom is 0.263 e. The summed E-state index contributed by atoms with van der Waals surface area (Å²) in [6.45, 7) is 1.81. The van der Waals surface area contributed by atoms with Crippen LogP contribution in [0, 0.1) is 6.92 Å². The highest BCUT2D eigenvalue weighted by Gasteiger charge is 2.18. The van der Waals surface area contributed by atoms with Gasteiger partial charge in [0.05, 0.1) is 16.3 Å². The molecule has 0 unspecified atom stereocenters. The van der Waals surface area contributed by atoms with Gasteiger partial charge in [0.2, 0.25) is 0 Å². The Bertz CT molecular complexity index is 1150. The molecule has 2 aromatic carbocycles. The number of hydrogen-bond acceptors (Lipinski definition) is 6. The van der Waals surface area contributed by atoms with Gasteiger partial charge in [0, 0.05) is 17.0 Å². The molecule has 2 heterocycles. The maximum absolute atomic E-state index is 12.8. The molecule has 27 heavy (non-hydrogen) atoms. The molecule has 0 fully saturated rings. The molecule has 0 spiro atoms. The lowest BCUT2D eigenvalue weighted by Gasteiger charge is -2.11. The average molecular weight is 397 g/mol. The summed E-state index contributed by atoms with van der Waals surface area (Å²) in [4.78, 5) is 0.160. The Morgan fingerprint density at radius 1 is 1.04 bits per heavy atom. The third-order valence-corrected chi connectivity index (χ3v) is 5.77. The fourth-order valence-corrected chi connectivity index (χ4v) is 4.13. The van der Waals surface area contributed by atoms with Crippen LogP contribution in [0.1, 0.15) is 5.69 Å². The number of aromatic nitrogens is 4. The number of hydrogen-bond donors (Lipinski definition) is 1. The van der Waals surface area contributed by atoms with Crippen molar-refractivity contribution in [3.8, 4) is 16.9 Å². The second kappa shape index (κ2) is 6.93. The van der Waals surface area contributed by atoms with Crippen molar-refractivity contribution in [2.45, 2.75) is 11.8 Å². The fourth-order valence-electron chi connectivity index (χ4n) is 2.63. The van der Waals surface area contributed by atoms with Gasteiger partial charge in [0.15, 0.2) is 0 Å². The first-order valence-electron chi connectivity index (χ1n) is 8.05. The zero-order valence-electron chi connectivity index (χ0n) is 14.3. The highest BCUT2D eigenvalue weighted by molar-refractivity contribution is 7.92. The highest BCUT2D eigenvalue weighted by Crippen LogP contribution is 2.23. The molecule has 1 N–H and O–H groups in total. The van der Waals surface area contributed by atoms with Crippen LogP contribution in [0.3, 0.4) is 0 Å². The Kier molecular flexibility index (Phi) is 4.46. The minimum Gasteiger partial charge on any atom is -0.263 e. The summed E-state index contributed by atoms with van der Waals surface area (Å²) in [5, 5.41) is 10.2. The van der Waals surface area contributed by atoms with E-state index in [1.807, 2.05) is 42.6 Å². The zero-order valence-corrected chi connectivity index (χ0v) is 15.9. The Hall–Kier alpha value is -3.04. The Balaban J connectivity index is 1.65. The number of nitrogens with zero attached hydrogens (tertiary/aromatic N) is 4. The van der Waals surface area contributed by atoms with E-state index in [0.717, 1.165) is 16.9 Å². The van der Waals surface area contributed by atoms with Crippen molar-refractivity contribution in [3.05, 3.63) is 71.7 Å². The van der Waals surface area contributed by atoms with E-state index in [1.54, 1.807) is 35.0 Å². The largest absolute Gasteiger partial charge is 0.263 e. The smallest absolute Gasteiger partial charge is 0.263 e. The van der Waals surface area contributed by atoms with E-state index < -0.39 is 10.0 Å². The Morgan fingerprint density at radius 3 is 2.44 bits per heavy atom. The van der Waals surface area contributed by atoms with Crippen molar-refractivity contribution >= 4 is 27.4 Å². The van der Waals surface area contributed by atoms with Gasteiger partial charge in [-0.15, -0.1) is 5.10 Å². The summed E-state index contributed by atoms with van der Waals surface area (Å²) in [5.41, 5.74) is 3.01. The van der Waals surface area contributed by atoms with Gasteiger partial charge >= 0.3 is 0 Å².